The minimum Gasteiger partial charge on any atom is -0.467 e. The van der Waals surface area contributed by atoms with Crippen molar-refractivity contribution in [3.63, 3.8) is 0 Å². The van der Waals surface area contributed by atoms with Gasteiger partial charge in [-0.2, -0.15) is 0 Å². The fraction of sp³-hybridized carbons (Fsp3) is 0.500. The molecule has 2 N–H and O–H groups in total. The number of carbonyl (C=O) groups excluding carboxylic acids is 2. The zero-order valence-electron chi connectivity index (χ0n) is 12.7. The van der Waals surface area contributed by atoms with Gasteiger partial charge in [0.25, 0.3) is 0 Å². The lowest BCUT2D eigenvalue weighted by atomic mass is 10.1. The van der Waals surface area contributed by atoms with E-state index in [-0.39, 0.29) is 24.4 Å². The summed E-state index contributed by atoms with van der Waals surface area (Å²) in [6.45, 7) is 0.961. The third kappa shape index (κ3) is 5.66. The van der Waals surface area contributed by atoms with Crippen LogP contribution in [0.25, 0.3) is 0 Å². The minimum atomic E-state index is -0.633. The molecule has 1 heterocycles. The van der Waals surface area contributed by atoms with Gasteiger partial charge in [-0.1, -0.05) is 30.3 Å². The normalized spacial score (nSPS) is 18.1. The molecule has 1 amide bonds. The molecule has 122 valence electrons. The van der Waals surface area contributed by atoms with E-state index >= 15 is 0 Å². The SMILES string of the molecule is COC(=O)C(Cc1ccccc1)NC(=O)CC1CCCN1.Cl. The number of methoxy groups -OCH3 is 1. The third-order valence-electron chi connectivity index (χ3n) is 3.70. The summed E-state index contributed by atoms with van der Waals surface area (Å²) < 4.78 is 4.79. The Bertz CT molecular complexity index is 476. The van der Waals surface area contributed by atoms with Crippen molar-refractivity contribution in [3.05, 3.63) is 35.9 Å². The van der Waals surface area contributed by atoms with E-state index in [2.05, 4.69) is 10.6 Å². The molecule has 6 heteroatoms. The van der Waals surface area contributed by atoms with Crippen molar-refractivity contribution in [2.75, 3.05) is 13.7 Å². The number of hydrogen-bond acceptors (Lipinski definition) is 4. The largest absolute Gasteiger partial charge is 0.467 e. The molecule has 1 aliphatic heterocycles. The molecular formula is C16H23ClN2O3. The lowest BCUT2D eigenvalue weighted by Crippen LogP contribution is -2.44. The number of carbonyl (C=O) groups is 2. The summed E-state index contributed by atoms with van der Waals surface area (Å²) in [6.07, 6.45) is 2.96. The first kappa shape index (κ1) is 18.5. The summed E-state index contributed by atoms with van der Waals surface area (Å²) in [5.41, 5.74) is 0.993. The Labute approximate surface area is 137 Å². The molecular weight excluding hydrogens is 304 g/mol. The second kappa shape index (κ2) is 9.43. The Kier molecular flexibility index (Phi) is 7.91. The van der Waals surface area contributed by atoms with Crippen molar-refractivity contribution in [1.82, 2.24) is 10.6 Å². The number of hydrogen-bond donors (Lipinski definition) is 2. The van der Waals surface area contributed by atoms with Crippen LogP contribution in [0.2, 0.25) is 0 Å². The van der Waals surface area contributed by atoms with E-state index in [0.717, 1.165) is 24.9 Å². The highest BCUT2D eigenvalue weighted by Crippen LogP contribution is 2.09. The average molecular weight is 327 g/mol. The van der Waals surface area contributed by atoms with Crippen molar-refractivity contribution >= 4 is 24.3 Å². The van der Waals surface area contributed by atoms with Gasteiger partial charge in [0.05, 0.1) is 7.11 Å². The van der Waals surface area contributed by atoms with Crippen molar-refractivity contribution in [1.29, 1.82) is 0 Å². The van der Waals surface area contributed by atoms with Crippen LogP contribution >= 0.6 is 12.4 Å². The van der Waals surface area contributed by atoms with E-state index in [1.165, 1.54) is 7.11 Å². The molecule has 2 atom stereocenters. The molecule has 1 aromatic carbocycles. The van der Waals surface area contributed by atoms with Gasteiger partial charge in [-0.25, -0.2) is 4.79 Å². The smallest absolute Gasteiger partial charge is 0.328 e. The molecule has 0 spiro atoms. The standard InChI is InChI=1S/C16H22N2O3.ClH/c1-21-16(20)14(10-12-6-3-2-4-7-12)18-15(19)11-13-8-5-9-17-13;/h2-4,6-7,13-14,17H,5,8-11H2,1H3,(H,18,19);1H. The van der Waals surface area contributed by atoms with E-state index < -0.39 is 12.0 Å². The zero-order chi connectivity index (χ0) is 15.1. The molecule has 5 nitrogen and oxygen atoms in total. The maximum atomic E-state index is 12.1. The first-order valence-corrected chi connectivity index (χ1v) is 7.33. The molecule has 1 aliphatic rings. The lowest BCUT2D eigenvalue weighted by Gasteiger charge is -2.18. The summed E-state index contributed by atoms with van der Waals surface area (Å²) in [7, 11) is 1.34. The van der Waals surface area contributed by atoms with Gasteiger partial charge in [0.2, 0.25) is 5.91 Å². The average Bonchev–Trinajstić information content (AvgIpc) is 2.99. The Morgan fingerprint density at radius 2 is 2.09 bits per heavy atom. The molecule has 2 unspecified atom stereocenters. The maximum absolute atomic E-state index is 12.1. The van der Waals surface area contributed by atoms with Crippen LogP contribution in [0.15, 0.2) is 30.3 Å². The predicted octanol–water partition coefficient (Wildman–Crippen LogP) is 1.45. The van der Waals surface area contributed by atoms with Crippen molar-refractivity contribution in [2.24, 2.45) is 0 Å². The zero-order valence-corrected chi connectivity index (χ0v) is 13.5. The van der Waals surface area contributed by atoms with Crippen molar-refractivity contribution < 1.29 is 14.3 Å². The Hall–Kier alpha value is -1.59. The van der Waals surface area contributed by atoms with E-state index in [4.69, 9.17) is 4.74 Å². The molecule has 1 saturated heterocycles. The van der Waals surface area contributed by atoms with Crippen LogP contribution in [0.4, 0.5) is 0 Å². The van der Waals surface area contributed by atoms with E-state index in [1.807, 2.05) is 30.3 Å². The summed E-state index contributed by atoms with van der Waals surface area (Å²) in [5.74, 6) is -0.521. The van der Waals surface area contributed by atoms with Gasteiger partial charge in [-0.05, 0) is 24.9 Å². The van der Waals surface area contributed by atoms with Gasteiger partial charge in [0.1, 0.15) is 6.04 Å². The molecule has 1 aromatic rings. The van der Waals surface area contributed by atoms with Crippen LogP contribution in [0.3, 0.4) is 0 Å². The third-order valence-corrected chi connectivity index (χ3v) is 3.70. The van der Waals surface area contributed by atoms with Crippen molar-refractivity contribution in [2.45, 2.75) is 37.8 Å². The predicted molar refractivity (Wildman–Crippen MR) is 87.0 cm³/mol. The summed E-state index contributed by atoms with van der Waals surface area (Å²) in [4.78, 5) is 23.9. The number of rotatable bonds is 6. The molecule has 0 saturated carbocycles. The summed E-state index contributed by atoms with van der Waals surface area (Å²) >= 11 is 0. The maximum Gasteiger partial charge on any atom is 0.328 e. The molecule has 22 heavy (non-hydrogen) atoms. The van der Waals surface area contributed by atoms with Crippen molar-refractivity contribution in [3.8, 4) is 0 Å². The second-order valence-electron chi connectivity index (χ2n) is 5.33. The molecule has 0 aromatic heterocycles. The fourth-order valence-electron chi connectivity index (χ4n) is 2.59. The Morgan fingerprint density at radius 3 is 2.68 bits per heavy atom. The number of ether oxygens (including phenoxy) is 1. The molecule has 2 rings (SSSR count). The molecule has 1 fully saturated rings. The van der Waals surface area contributed by atoms with Crippen LogP contribution in [0.5, 0.6) is 0 Å². The molecule has 0 radical (unpaired) electrons. The van der Waals surface area contributed by atoms with Gasteiger partial charge in [0.15, 0.2) is 0 Å². The lowest BCUT2D eigenvalue weighted by molar-refractivity contribution is -0.145. The van der Waals surface area contributed by atoms with Crippen LogP contribution in [-0.4, -0.2) is 37.6 Å². The van der Waals surface area contributed by atoms with Gasteiger partial charge >= 0.3 is 5.97 Å². The summed E-state index contributed by atoms with van der Waals surface area (Å²) in [6, 6.07) is 9.19. The Morgan fingerprint density at radius 1 is 1.36 bits per heavy atom. The minimum absolute atomic E-state index is 0. The topological polar surface area (TPSA) is 67.4 Å². The van der Waals surface area contributed by atoms with E-state index in [1.54, 1.807) is 0 Å². The van der Waals surface area contributed by atoms with Crippen LogP contribution in [-0.2, 0) is 20.7 Å². The first-order chi connectivity index (χ1) is 10.2. The van der Waals surface area contributed by atoms with Gasteiger partial charge in [0, 0.05) is 18.9 Å². The molecule has 0 aliphatic carbocycles. The van der Waals surface area contributed by atoms with E-state index in [9.17, 15) is 9.59 Å². The number of benzene rings is 1. The highest BCUT2D eigenvalue weighted by Gasteiger charge is 2.24. The van der Waals surface area contributed by atoms with Crippen LogP contribution in [0, 0.1) is 0 Å². The molecule has 0 bridgehead atoms. The number of nitrogens with one attached hydrogen (secondary N) is 2. The van der Waals surface area contributed by atoms with Gasteiger partial charge in [-0.3, -0.25) is 4.79 Å². The Balaban J connectivity index is 0.00000242. The van der Waals surface area contributed by atoms with Crippen LogP contribution < -0.4 is 10.6 Å². The number of esters is 1. The first-order valence-electron chi connectivity index (χ1n) is 7.33. The second-order valence-corrected chi connectivity index (χ2v) is 5.33. The van der Waals surface area contributed by atoms with Gasteiger partial charge in [-0.15, -0.1) is 12.4 Å². The monoisotopic (exact) mass is 326 g/mol. The van der Waals surface area contributed by atoms with Gasteiger partial charge < -0.3 is 15.4 Å². The van der Waals surface area contributed by atoms with Crippen LogP contribution in [0.1, 0.15) is 24.8 Å². The fourth-order valence-corrected chi connectivity index (χ4v) is 2.59. The highest BCUT2D eigenvalue weighted by molar-refractivity contribution is 5.85. The van der Waals surface area contributed by atoms with E-state index in [0.29, 0.717) is 12.8 Å². The summed E-state index contributed by atoms with van der Waals surface area (Å²) in [5, 5.41) is 6.07. The number of halogens is 1. The quantitative estimate of drug-likeness (QED) is 0.777. The highest BCUT2D eigenvalue weighted by atomic mass is 35.5. The number of amides is 1.